The normalized spacial score (nSPS) is 28.3. The number of nitrogens with zero attached hydrogens (tertiary/aromatic N) is 1. The number of carbonyl (C=O) groups is 1. The number of methoxy groups -OCH3 is 1. The highest BCUT2D eigenvalue weighted by Crippen LogP contribution is 2.61. The largest absolute Gasteiger partial charge is 0.496 e. The summed E-state index contributed by atoms with van der Waals surface area (Å²) in [5.41, 5.74) is 9.58. The lowest BCUT2D eigenvalue weighted by atomic mass is 9.48. The van der Waals surface area contributed by atoms with Gasteiger partial charge in [-0.1, -0.05) is 5.16 Å². The van der Waals surface area contributed by atoms with E-state index in [1.54, 1.807) is 13.2 Å². The summed E-state index contributed by atoms with van der Waals surface area (Å²) >= 11 is 0. The van der Waals surface area contributed by atoms with Gasteiger partial charge in [0, 0.05) is 28.2 Å². The van der Waals surface area contributed by atoms with Gasteiger partial charge in [0.15, 0.2) is 5.84 Å². The molecule has 1 heterocycles. The van der Waals surface area contributed by atoms with Gasteiger partial charge < -0.3 is 20.3 Å². The van der Waals surface area contributed by atoms with Gasteiger partial charge in [-0.05, 0) is 104 Å². The molecular formula is C27H29N3O3. The molecule has 170 valence electrons. The summed E-state index contributed by atoms with van der Waals surface area (Å²) in [6.45, 7) is 0. The molecule has 0 saturated heterocycles. The van der Waals surface area contributed by atoms with E-state index >= 15 is 0 Å². The number of aromatic amines is 1. The molecule has 4 aliphatic carbocycles. The van der Waals surface area contributed by atoms with Crippen LogP contribution in [0.3, 0.4) is 0 Å². The first kappa shape index (κ1) is 20.3. The Balaban J connectivity index is 1.26. The Morgan fingerprint density at radius 2 is 1.70 bits per heavy atom. The van der Waals surface area contributed by atoms with Crippen molar-refractivity contribution < 1.29 is 14.4 Å². The van der Waals surface area contributed by atoms with Crippen LogP contribution in [0.1, 0.15) is 60.0 Å². The number of benzene rings is 2. The topological polar surface area (TPSA) is 89.7 Å². The number of oxime groups is 1. The van der Waals surface area contributed by atoms with Gasteiger partial charge in [-0.2, -0.15) is 0 Å². The highest BCUT2D eigenvalue weighted by atomic mass is 16.7. The van der Waals surface area contributed by atoms with Gasteiger partial charge in [0.05, 0.1) is 12.7 Å². The van der Waals surface area contributed by atoms with Gasteiger partial charge in [-0.3, -0.25) is 0 Å². The molecule has 4 fully saturated rings. The van der Waals surface area contributed by atoms with Crippen LogP contribution in [0.25, 0.3) is 10.9 Å². The molecule has 0 radical (unpaired) electrons. The second-order valence-corrected chi connectivity index (χ2v) is 10.2. The van der Waals surface area contributed by atoms with E-state index < -0.39 is 5.97 Å². The fourth-order valence-electron chi connectivity index (χ4n) is 7.10. The zero-order valence-electron chi connectivity index (χ0n) is 18.8. The van der Waals surface area contributed by atoms with Gasteiger partial charge in [0.25, 0.3) is 0 Å². The van der Waals surface area contributed by atoms with Crippen LogP contribution in [-0.2, 0) is 10.3 Å². The van der Waals surface area contributed by atoms with Crippen LogP contribution in [-0.4, -0.2) is 23.9 Å². The summed E-state index contributed by atoms with van der Waals surface area (Å²) in [5, 5.41) is 4.95. The van der Waals surface area contributed by atoms with Gasteiger partial charge in [0.1, 0.15) is 5.75 Å². The number of nitrogens with two attached hydrogens (primary N) is 1. The Morgan fingerprint density at radius 1 is 1.00 bits per heavy atom. The van der Waals surface area contributed by atoms with Crippen molar-refractivity contribution in [3.63, 3.8) is 0 Å². The van der Waals surface area contributed by atoms with E-state index in [4.69, 9.17) is 15.3 Å². The molecule has 0 unspecified atom stereocenters. The predicted molar refractivity (Wildman–Crippen MR) is 127 cm³/mol. The highest BCUT2D eigenvalue weighted by molar-refractivity contribution is 6.01. The molecule has 4 bridgehead atoms. The predicted octanol–water partition coefficient (Wildman–Crippen LogP) is 5.12. The standard InChI is InChI=1S/C27H29N3O3/c1-32-24-5-3-21(12-22(24)27-13-16-8-17(14-27)10-18(9-16)15-27)26(31)33-30-25(28)20-2-4-23-19(11-20)6-7-29-23/h2-7,11-12,16-18,29H,8-10,13-15H2,1H3,(H2,28,30). The summed E-state index contributed by atoms with van der Waals surface area (Å²) in [6, 6.07) is 13.3. The number of nitrogens with one attached hydrogen (secondary N) is 1. The van der Waals surface area contributed by atoms with E-state index in [-0.39, 0.29) is 11.3 Å². The molecule has 6 heteroatoms. The zero-order valence-corrected chi connectivity index (χ0v) is 18.8. The third kappa shape index (κ3) is 3.48. The average molecular weight is 444 g/mol. The fraction of sp³-hybridized carbons (Fsp3) is 0.407. The number of H-pyrrole nitrogens is 1. The van der Waals surface area contributed by atoms with Crippen LogP contribution < -0.4 is 10.5 Å². The number of rotatable bonds is 5. The second kappa shape index (κ2) is 7.65. The van der Waals surface area contributed by atoms with E-state index in [0.717, 1.165) is 40.0 Å². The monoisotopic (exact) mass is 443 g/mol. The second-order valence-electron chi connectivity index (χ2n) is 10.2. The number of fused-ring (bicyclic) bond motifs is 1. The third-order valence-corrected chi connectivity index (χ3v) is 8.12. The number of aromatic nitrogens is 1. The first-order chi connectivity index (χ1) is 16.0. The van der Waals surface area contributed by atoms with Crippen molar-refractivity contribution in [2.45, 2.75) is 43.9 Å². The lowest BCUT2D eigenvalue weighted by molar-refractivity contribution is -0.00620. The van der Waals surface area contributed by atoms with Crippen LogP contribution >= 0.6 is 0 Å². The Labute approximate surface area is 193 Å². The van der Waals surface area contributed by atoms with Gasteiger partial charge >= 0.3 is 5.97 Å². The number of carbonyl (C=O) groups excluding carboxylic acids is 1. The minimum atomic E-state index is -0.505. The van der Waals surface area contributed by atoms with E-state index in [2.05, 4.69) is 10.1 Å². The zero-order chi connectivity index (χ0) is 22.6. The number of hydrogen-bond acceptors (Lipinski definition) is 4. The van der Waals surface area contributed by atoms with Crippen molar-refractivity contribution in [3.05, 3.63) is 65.4 Å². The summed E-state index contributed by atoms with van der Waals surface area (Å²) in [7, 11) is 1.71. The maximum Gasteiger partial charge on any atom is 0.365 e. The van der Waals surface area contributed by atoms with Gasteiger partial charge in [0.2, 0.25) is 0 Å². The Kier molecular flexibility index (Phi) is 4.71. The molecule has 3 aromatic rings. The van der Waals surface area contributed by atoms with Crippen LogP contribution in [0.2, 0.25) is 0 Å². The SMILES string of the molecule is COc1ccc(C(=O)O/N=C(\N)c2ccc3[nH]ccc3c2)cc1C12CC3CC(CC(C3)C1)C2. The Morgan fingerprint density at radius 3 is 2.39 bits per heavy atom. The summed E-state index contributed by atoms with van der Waals surface area (Å²) in [4.78, 5) is 21.3. The van der Waals surface area contributed by atoms with Crippen molar-refractivity contribution >= 4 is 22.7 Å². The maximum atomic E-state index is 12.9. The smallest absolute Gasteiger partial charge is 0.365 e. The molecule has 2 aromatic carbocycles. The quantitative estimate of drug-likeness (QED) is 0.248. The van der Waals surface area contributed by atoms with Crippen molar-refractivity contribution in [2.24, 2.45) is 28.6 Å². The van der Waals surface area contributed by atoms with Crippen LogP contribution in [0, 0.1) is 17.8 Å². The summed E-state index contributed by atoms with van der Waals surface area (Å²) in [6.07, 6.45) is 9.55. The molecule has 0 aliphatic heterocycles. The highest BCUT2D eigenvalue weighted by Gasteiger charge is 2.52. The molecule has 7 rings (SSSR count). The van der Waals surface area contributed by atoms with Crippen molar-refractivity contribution in [2.75, 3.05) is 7.11 Å². The van der Waals surface area contributed by atoms with Crippen LogP contribution in [0.5, 0.6) is 5.75 Å². The lowest BCUT2D eigenvalue weighted by Crippen LogP contribution is -2.48. The number of ether oxygens (including phenoxy) is 1. The van der Waals surface area contributed by atoms with E-state index in [0.29, 0.717) is 11.1 Å². The molecule has 4 saturated carbocycles. The molecule has 33 heavy (non-hydrogen) atoms. The maximum absolute atomic E-state index is 12.9. The first-order valence-corrected chi connectivity index (χ1v) is 11.8. The fourth-order valence-corrected chi connectivity index (χ4v) is 7.10. The minimum Gasteiger partial charge on any atom is -0.496 e. The van der Waals surface area contributed by atoms with Crippen molar-refractivity contribution in [1.82, 2.24) is 4.98 Å². The Hall–Kier alpha value is -3.28. The number of hydrogen-bond donors (Lipinski definition) is 2. The van der Waals surface area contributed by atoms with Crippen molar-refractivity contribution in [3.8, 4) is 5.75 Å². The van der Waals surface area contributed by atoms with E-state index in [9.17, 15) is 4.79 Å². The molecule has 6 nitrogen and oxygen atoms in total. The van der Waals surface area contributed by atoms with E-state index in [1.807, 2.05) is 42.6 Å². The minimum absolute atomic E-state index is 0.116. The Bertz CT molecular complexity index is 1220. The van der Waals surface area contributed by atoms with Gasteiger partial charge in [-0.15, -0.1) is 0 Å². The molecule has 0 atom stereocenters. The van der Waals surface area contributed by atoms with Gasteiger partial charge in [-0.25, -0.2) is 4.79 Å². The third-order valence-electron chi connectivity index (χ3n) is 8.12. The summed E-state index contributed by atoms with van der Waals surface area (Å²) < 4.78 is 5.75. The molecule has 3 N–H and O–H groups in total. The summed E-state index contributed by atoms with van der Waals surface area (Å²) in [5.74, 6) is 2.95. The van der Waals surface area contributed by atoms with E-state index in [1.165, 1.54) is 38.5 Å². The molecule has 0 amide bonds. The lowest BCUT2D eigenvalue weighted by Gasteiger charge is -2.57. The average Bonchev–Trinajstić information content (AvgIpc) is 3.29. The molecular weight excluding hydrogens is 414 g/mol. The van der Waals surface area contributed by atoms with Crippen LogP contribution in [0.15, 0.2) is 53.8 Å². The molecule has 4 aliphatic rings. The molecule has 0 spiro atoms. The van der Waals surface area contributed by atoms with Crippen molar-refractivity contribution in [1.29, 1.82) is 0 Å². The number of amidine groups is 1. The van der Waals surface area contributed by atoms with Crippen LogP contribution in [0.4, 0.5) is 0 Å². The molecule has 1 aromatic heterocycles. The first-order valence-electron chi connectivity index (χ1n) is 11.8.